The van der Waals surface area contributed by atoms with Crippen molar-refractivity contribution in [3.05, 3.63) is 102 Å². The van der Waals surface area contributed by atoms with Crippen LogP contribution in [-0.4, -0.2) is 33.8 Å². The van der Waals surface area contributed by atoms with Crippen LogP contribution in [0.5, 0.6) is 0 Å². The Kier molecular flexibility index (Phi) is 6.85. The third kappa shape index (κ3) is 5.50. The smallest absolute Gasteiger partial charge is 0.293 e. The quantitative estimate of drug-likeness (QED) is 0.281. The first kappa shape index (κ1) is 28.3. The molecule has 3 rings (SSSR count). The molecule has 0 saturated carbocycles. The van der Waals surface area contributed by atoms with E-state index in [2.05, 4.69) is 0 Å². The normalized spacial score (nSPS) is 20.9. The van der Waals surface area contributed by atoms with Gasteiger partial charge in [0.1, 0.15) is 11.1 Å². The fourth-order valence-electron chi connectivity index (χ4n) is 3.73. The molecule has 2 aliphatic carbocycles. The van der Waals surface area contributed by atoms with E-state index in [1.807, 2.05) is 0 Å². The highest BCUT2D eigenvalue weighted by atomic mass is 19.4. The maximum atomic E-state index is 13.6. The number of ketones is 2. The number of Topliss-reactive ketones (excluding diaryl/α,β-unsaturated/α-hetero) is 2. The Morgan fingerprint density at radius 2 is 0.947 bits per heavy atom. The summed E-state index contributed by atoms with van der Waals surface area (Å²) in [4.78, 5) is 44.6. The Hall–Kier alpha value is -4.31. The topological polar surface area (TPSA) is 120 Å². The van der Waals surface area contributed by atoms with Crippen molar-refractivity contribution in [2.75, 3.05) is 0 Å². The first-order valence-corrected chi connectivity index (χ1v) is 9.82. The molecule has 0 fully saturated rings. The molecule has 0 amide bonds. The van der Waals surface area contributed by atoms with Gasteiger partial charge in [-0.1, -0.05) is 6.07 Å². The predicted molar refractivity (Wildman–Crippen MR) is 105 cm³/mol. The number of rotatable bonds is 4. The van der Waals surface area contributed by atoms with Crippen molar-refractivity contribution in [2.45, 2.75) is 30.4 Å². The zero-order chi connectivity index (χ0) is 29.0. The molecular weight excluding hydrogens is 547 g/mol. The Balaban J connectivity index is 2.28. The molecule has 2 unspecified atom stereocenters. The van der Waals surface area contributed by atoms with Gasteiger partial charge in [0.05, 0.1) is 27.2 Å². The van der Waals surface area contributed by atoms with Gasteiger partial charge in [0, 0.05) is 24.3 Å². The second-order valence-corrected chi connectivity index (χ2v) is 7.88. The minimum Gasteiger partial charge on any atom is -0.293 e. The third-order valence-corrected chi connectivity index (χ3v) is 5.41. The van der Waals surface area contributed by atoms with E-state index in [-0.39, 0.29) is 24.3 Å². The van der Waals surface area contributed by atoms with E-state index in [4.69, 9.17) is 0 Å². The highest BCUT2D eigenvalue weighted by Crippen LogP contribution is 2.42. The fourth-order valence-corrected chi connectivity index (χ4v) is 3.73. The Bertz CT molecular complexity index is 1290. The van der Waals surface area contributed by atoms with Crippen molar-refractivity contribution in [2.24, 2.45) is 0 Å². The van der Waals surface area contributed by atoms with E-state index in [1.165, 1.54) is 0 Å². The molecule has 0 saturated heterocycles. The van der Waals surface area contributed by atoms with Crippen LogP contribution >= 0.6 is 0 Å². The second kappa shape index (κ2) is 9.21. The van der Waals surface area contributed by atoms with Gasteiger partial charge in [-0.25, -0.2) is 0 Å². The molecule has 0 aromatic heterocycles. The van der Waals surface area contributed by atoms with E-state index in [1.54, 1.807) is 0 Å². The summed E-state index contributed by atoms with van der Waals surface area (Å²) in [5.41, 5.74) is -10.5. The lowest BCUT2D eigenvalue weighted by Gasteiger charge is -2.24. The van der Waals surface area contributed by atoms with Crippen LogP contribution in [0.4, 0.5) is 39.5 Å². The molecule has 0 bridgehead atoms. The van der Waals surface area contributed by atoms with E-state index in [0.29, 0.717) is 18.2 Å². The van der Waals surface area contributed by atoms with Crippen LogP contribution in [0.1, 0.15) is 28.5 Å². The average Bonchev–Trinajstić information content (AvgIpc) is 2.76. The first-order valence-electron chi connectivity index (χ1n) is 9.82. The molecule has 0 N–H and O–H groups in total. The number of nitrogens with zero attached hydrogens (tertiary/aromatic N) is 2. The SMILES string of the molecule is O=C1C(C(F)(F)F)=CC([N+](=O)[O-])=CC1c1cc(C2C=C([N+](=O)[O-])C=C(C(F)(F)F)C2=O)cc(C(F)(F)F)c1. The summed E-state index contributed by atoms with van der Waals surface area (Å²) >= 11 is 0. The zero-order valence-corrected chi connectivity index (χ0v) is 17.9. The molecule has 17 heteroatoms. The monoisotopic (exact) mass is 556 g/mol. The highest BCUT2D eigenvalue weighted by molar-refractivity contribution is 6.05. The lowest BCUT2D eigenvalue weighted by atomic mass is 9.80. The molecule has 2 aliphatic rings. The minimum absolute atomic E-state index is 0.130. The Morgan fingerprint density at radius 3 is 1.21 bits per heavy atom. The summed E-state index contributed by atoms with van der Waals surface area (Å²) in [5.74, 6) is -8.57. The van der Waals surface area contributed by atoms with Crippen molar-refractivity contribution in [3.8, 4) is 0 Å². The van der Waals surface area contributed by atoms with Crippen LogP contribution in [0.25, 0.3) is 0 Å². The van der Waals surface area contributed by atoms with Gasteiger partial charge in [-0.15, -0.1) is 0 Å². The fraction of sp³-hybridized carbons (Fsp3) is 0.238. The van der Waals surface area contributed by atoms with Crippen molar-refractivity contribution in [1.29, 1.82) is 0 Å². The molecule has 8 nitrogen and oxygen atoms in total. The second-order valence-electron chi connectivity index (χ2n) is 7.88. The molecular formula is C21H9F9N2O6. The van der Waals surface area contributed by atoms with Crippen molar-refractivity contribution < 1.29 is 58.9 Å². The lowest BCUT2D eigenvalue weighted by molar-refractivity contribution is -0.419. The van der Waals surface area contributed by atoms with Crippen LogP contribution in [-0.2, 0) is 15.8 Å². The number of hydrogen-bond acceptors (Lipinski definition) is 6. The number of carbonyl (C=O) groups excluding carboxylic acids is 2. The summed E-state index contributed by atoms with van der Waals surface area (Å²) in [6.45, 7) is 0. The van der Waals surface area contributed by atoms with Crippen molar-refractivity contribution in [1.82, 2.24) is 0 Å². The standard InChI is InChI=1S/C21H9F9N2O6/c22-19(23,24)10-2-8(13-4-11(31(35)36)6-15(17(13)33)20(25,26)27)1-9(3-10)14-5-12(32(37)38)7-16(18(14)34)21(28,29)30/h1-7,13-14H. The summed E-state index contributed by atoms with van der Waals surface area (Å²) in [6.07, 6.45) is -15.9. The molecule has 1 aromatic rings. The van der Waals surface area contributed by atoms with Crippen LogP contribution in [0.15, 0.2) is 65.0 Å². The van der Waals surface area contributed by atoms with Crippen molar-refractivity contribution >= 4 is 11.6 Å². The Morgan fingerprint density at radius 1 is 0.605 bits per heavy atom. The molecule has 0 aliphatic heterocycles. The summed E-state index contributed by atoms with van der Waals surface area (Å²) < 4.78 is 121. The summed E-state index contributed by atoms with van der Waals surface area (Å²) in [6, 6.07) is 0.720. The van der Waals surface area contributed by atoms with Gasteiger partial charge in [-0.05, 0) is 23.3 Å². The van der Waals surface area contributed by atoms with E-state index in [0.717, 1.165) is 0 Å². The van der Waals surface area contributed by atoms with Gasteiger partial charge in [-0.3, -0.25) is 29.8 Å². The van der Waals surface area contributed by atoms with E-state index < -0.39 is 91.0 Å². The van der Waals surface area contributed by atoms with Crippen LogP contribution in [0, 0.1) is 20.2 Å². The molecule has 38 heavy (non-hydrogen) atoms. The van der Waals surface area contributed by atoms with Gasteiger partial charge < -0.3 is 0 Å². The van der Waals surface area contributed by atoms with Gasteiger partial charge in [-0.2, -0.15) is 39.5 Å². The molecule has 1 aromatic carbocycles. The molecule has 0 heterocycles. The van der Waals surface area contributed by atoms with Gasteiger partial charge >= 0.3 is 18.5 Å². The molecule has 0 spiro atoms. The highest BCUT2D eigenvalue weighted by Gasteiger charge is 2.47. The van der Waals surface area contributed by atoms with E-state index >= 15 is 0 Å². The Labute approximate surface area is 203 Å². The number of nitro groups is 2. The average molecular weight is 556 g/mol. The number of benzene rings is 1. The maximum Gasteiger partial charge on any atom is 0.420 e. The van der Waals surface area contributed by atoms with Gasteiger partial charge in [0.25, 0.3) is 11.4 Å². The number of alkyl halides is 9. The first-order chi connectivity index (χ1) is 17.2. The van der Waals surface area contributed by atoms with Gasteiger partial charge in [0.15, 0.2) is 11.6 Å². The van der Waals surface area contributed by atoms with Crippen LogP contribution in [0.2, 0.25) is 0 Å². The number of allylic oxidation sites excluding steroid dienone is 6. The maximum absolute atomic E-state index is 13.6. The minimum atomic E-state index is -5.47. The predicted octanol–water partition coefficient (Wildman–Crippen LogP) is 5.34. The molecule has 0 radical (unpaired) electrons. The van der Waals surface area contributed by atoms with E-state index in [9.17, 15) is 69.3 Å². The summed E-state index contributed by atoms with van der Waals surface area (Å²) in [5, 5.41) is 22.3. The molecule has 202 valence electrons. The van der Waals surface area contributed by atoms with Crippen LogP contribution in [0.3, 0.4) is 0 Å². The number of hydrogen-bond donors (Lipinski definition) is 0. The number of carbonyl (C=O) groups is 2. The summed E-state index contributed by atoms with van der Waals surface area (Å²) in [7, 11) is 0. The lowest BCUT2D eigenvalue weighted by Crippen LogP contribution is -2.29. The zero-order valence-electron chi connectivity index (χ0n) is 17.9. The molecule has 2 atom stereocenters. The van der Waals surface area contributed by atoms with Gasteiger partial charge in [0.2, 0.25) is 0 Å². The van der Waals surface area contributed by atoms with Crippen molar-refractivity contribution in [3.63, 3.8) is 0 Å². The largest absolute Gasteiger partial charge is 0.420 e. The third-order valence-electron chi connectivity index (χ3n) is 5.41. The van der Waals surface area contributed by atoms with Crippen LogP contribution < -0.4 is 0 Å². The number of halogens is 9.